The van der Waals surface area contributed by atoms with Gasteiger partial charge in [0.1, 0.15) is 5.69 Å². The number of nitrogens with one attached hydrogen (secondary N) is 1. The first-order chi connectivity index (χ1) is 13.1. The lowest BCUT2D eigenvalue weighted by atomic mass is 10.2. The summed E-state index contributed by atoms with van der Waals surface area (Å²) in [6.07, 6.45) is 0.623. The Morgan fingerprint density at radius 2 is 2.15 bits per heavy atom. The van der Waals surface area contributed by atoms with E-state index in [1.165, 1.54) is 0 Å². The molecule has 142 valence electrons. The molecule has 2 aromatic heterocycles. The highest BCUT2D eigenvalue weighted by atomic mass is 16.5. The first-order valence-electron chi connectivity index (χ1n) is 8.84. The summed E-state index contributed by atoms with van der Waals surface area (Å²) in [7, 11) is 1.64. The molecule has 8 nitrogen and oxygen atoms in total. The van der Waals surface area contributed by atoms with Crippen LogP contribution in [-0.4, -0.2) is 33.0 Å². The van der Waals surface area contributed by atoms with Gasteiger partial charge < -0.3 is 14.5 Å². The Labute approximate surface area is 157 Å². The molecule has 1 aromatic carbocycles. The second-order valence-corrected chi connectivity index (χ2v) is 6.17. The maximum atomic E-state index is 12.2. The van der Waals surface area contributed by atoms with Crippen molar-refractivity contribution in [1.82, 2.24) is 20.0 Å². The summed E-state index contributed by atoms with van der Waals surface area (Å²) < 4.78 is 12.6. The quantitative estimate of drug-likeness (QED) is 0.656. The molecule has 0 radical (unpaired) electrons. The van der Waals surface area contributed by atoms with Crippen molar-refractivity contribution in [3.8, 4) is 11.6 Å². The minimum atomic E-state index is -0.112. The van der Waals surface area contributed by atoms with Crippen LogP contribution in [0, 0.1) is 6.92 Å². The Kier molecular flexibility index (Phi) is 5.97. The van der Waals surface area contributed by atoms with Gasteiger partial charge in [-0.1, -0.05) is 12.1 Å². The van der Waals surface area contributed by atoms with Crippen LogP contribution in [-0.2, 0) is 29.1 Å². The maximum Gasteiger partial charge on any atom is 0.265 e. The lowest BCUT2D eigenvalue weighted by molar-refractivity contribution is -0.116. The summed E-state index contributed by atoms with van der Waals surface area (Å²) in [5, 5.41) is 15.4. The van der Waals surface area contributed by atoms with Crippen LogP contribution in [0.1, 0.15) is 30.5 Å². The van der Waals surface area contributed by atoms with Gasteiger partial charge in [0.05, 0.1) is 12.3 Å². The van der Waals surface area contributed by atoms with Crippen molar-refractivity contribution in [2.45, 2.75) is 39.8 Å². The van der Waals surface area contributed by atoms with E-state index < -0.39 is 0 Å². The zero-order valence-electron chi connectivity index (χ0n) is 15.7. The average Bonchev–Trinajstić information content (AvgIpc) is 3.26. The predicted octanol–water partition coefficient (Wildman–Crippen LogP) is 2.98. The number of anilines is 1. The molecule has 0 bridgehead atoms. The zero-order valence-corrected chi connectivity index (χ0v) is 15.7. The number of benzene rings is 1. The topological polar surface area (TPSA) is 95.1 Å². The van der Waals surface area contributed by atoms with Gasteiger partial charge in [0.25, 0.3) is 5.89 Å². The van der Waals surface area contributed by atoms with Crippen LogP contribution in [0.4, 0.5) is 5.69 Å². The first-order valence-corrected chi connectivity index (χ1v) is 8.84. The third kappa shape index (κ3) is 4.79. The Hall–Kier alpha value is -3.00. The highest BCUT2D eigenvalue weighted by Crippen LogP contribution is 2.20. The van der Waals surface area contributed by atoms with Crippen molar-refractivity contribution >= 4 is 11.6 Å². The van der Waals surface area contributed by atoms with E-state index in [-0.39, 0.29) is 12.3 Å². The van der Waals surface area contributed by atoms with Gasteiger partial charge >= 0.3 is 0 Å². The second kappa shape index (κ2) is 8.59. The molecule has 0 saturated carbocycles. The monoisotopic (exact) mass is 369 g/mol. The number of amides is 1. The fourth-order valence-electron chi connectivity index (χ4n) is 2.77. The molecule has 27 heavy (non-hydrogen) atoms. The van der Waals surface area contributed by atoms with Crippen molar-refractivity contribution in [3.05, 3.63) is 47.5 Å². The largest absolute Gasteiger partial charge is 0.419 e. The van der Waals surface area contributed by atoms with E-state index in [1.54, 1.807) is 7.11 Å². The molecular formula is C19H23N5O3. The third-order valence-electron chi connectivity index (χ3n) is 3.98. The van der Waals surface area contributed by atoms with E-state index in [4.69, 9.17) is 9.15 Å². The number of aryl methyl sites for hydroxylation is 3. The van der Waals surface area contributed by atoms with E-state index in [2.05, 4.69) is 20.6 Å². The standard InChI is InChI=1S/C19H23N5O3/c1-4-24-16(10-13(2)23-24)19-22-21-18(27-19)9-8-17(25)20-15-7-5-6-14(11-15)12-26-3/h5-7,10-11H,4,8-9,12H2,1-3H3,(H,20,25). The van der Waals surface area contributed by atoms with Crippen LogP contribution in [0.2, 0.25) is 0 Å². The molecular weight excluding hydrogens is 346 g/mol. The van der Waals surface area contributed by atoms with Crippen LogP contribution in [0.15, 0.2) is 34.7 Å². The van der Waals surface area contributed by atoms with Crippen molar-refractivity contribution < 1.29 is 13.9 Å². The molecule has 3 aromatic rings. The maximum absolute atomic E-state index is 12.2. The third-order valence-corrected chi connectivity index (χ3v) is 3.98. The molecule has 0 fully saturated rings. The molecule has 0 aliphatic rings. The summed E-state index contributed by atoms with van der Waals surface area (Å²) in [6.45, 7) is 5.13. The van der Waals surface area contributed by atoms with Crippen molar-refractivity contribution in [2.75, 3.05) is 12.4 Å². The van der Waals surface area contributed by atoms with Gasteiger partial charge in [-0.2, -0.15) is 5.10 Å². The average molecular weight is 369 g/mol. The number of ether oxygens (including phenoxy) is 1. The number of aromatic nitrogens is 4. The van der Waals surface area contributed by atoms with Crippen LogP contribution in [0.25, 0.3) is 11.6 Å². The van der Waals surface area contributed by atoms with E-state index in [1.807, 2.05) is 48.9 Å². The molecule has 1 amide bonds. The smallest absolute Gasteiger partial charge is 0.265 e. The van der Waals surface area contributed by atoms with Crippen molar-refractivity contribution in [1.29, 1.82) is 0 Å². The van der Waals surface area contributed by atoms with Crippen LogP contribution >= 0.6 is 0 Å². The van der Waals surface area contributed by atoms with Gasteiger partial charge in [0.15, 0.2) is 0 Å². The lowest BCUT2D eigenvalue weighted by Crippen LogP contribution is -2.12. The summed E-state index contributed by atoms with van der Waals surface area (Å²) in [6, 6.07) is 9.46. The number of hydrogen-bond acceptors (Lipinski definition) is 6. The predicted molar refractivity (Wildman–Crippen MR) is 100 cm³/mol. The Bertz CT molecular complexity index is 916. The summed E-state index contributed by atoms with van der Waals surface area (Å²) in [4.78, 5) is 12.2. The Morgan fingerprint density at radius 1 is 1.30 bits per heavy atom. The SMILES string of the molecule is CCn1nc(C)cc1-c1nnc(CCC(=O)Nc2cccc(COC)c2)o1. The fraction of sp³-hybridized carbons (Fsp3) is 0.368. The molecule has 0 unspecified atom stereocenters. The number of methoxy groups -OCH3 is 1. The Morgan fingerprint density at radius 3 is 2.93 bits per heavy atom. The summed E-state index contributed by atoms with van der Waals surface area (Å²) >= 11 is 0. The van der Waals surface area contributed by atoms with E-state index in [9.17, 15) is 4.79 Å². The van der Waals surface area contributed by atoms with Crippen LogP contribution in [0.5, 0.6) is 0 Å². The van der Waals surface area contributed by atoms with E-state index in [0.29, 0.717) is 31.4 Å². The molecule has 1 N–H and O–H groups in total. The normalized spacial score (nSPS) is 10.9. The van der Waals surface area contributed by atoms with Gasteiger partial charge in [-0.25, -0.2) is 0 Å². The van der Waals surface area contributed by atoms with Gasteiger partial charge in [-0.15, -0.1) is 10.2 Å². The van der Waals surface area contributed by atoms with Crippen LogP contribution < -0.4 is 5.32 Å². The number of carbonyl (C=O) groups excluding carboxylic acids is 1. The number of carbonyl (C=O) groups is 1. The highest BCUT2D eigenvalue weighted by molar-refractivity contribution is 5.90. The molecule has 0 atom stereocenters. The van der Waals surface area contributed by atoms with Crippen molar-refractivity contribution in [2.24, 2.45) is 0 Å². The first kappa shape index (κ1) is 18.8. The molecule has 3 rings (SSSR count). The van der Waals surface area contributed by atoms with Gasteiger partial charge in [0, 0.05) is 32.2 Å². The van der Waals surface area contributed by atoms with Gasteiger partial charge in [0.2, 0.25) is 11.8 Å². The number of nitrogens with zero attached hydrogens (tertiary/aromatic N) is 4. The fourth-order valence-corrected chi connectivity index (χ4v) is 2.77. The molecule has 0 saturated heterocycles. The number of rotatable bonds is 8. The second-order valence-electron chi connectivity index (χ2n) is 6.17. The zero-order chi connectivity index (χ0) is 19.2. The minimum absolute atomic E-state index is 0.112. The molecule has 0 aliphatic carbocycles. The minimum Gasteiger partial charge on any atom is -0.419 e. The Balaban J connectivity index is 1.58. The molecule has 8 heteroatoms. The number of hydrogen-bond donors (Lipinski definition) is 1. The van der Waals surface area contributed by atoms with Gasteiger partial charge in [-0.3, -0.25) is 9.48 Å². The summed E-state index contributed by atoms with van der Waals surface area (Å²) in [5.41, 5.74) is 3.41. The summed E-state index contributed by atoms with van der Waals surface area (Å²) in [5.74, 6) is 0.730. The molecule has 0 spiro atoms. The van der Waals surface area contributed by atoms with Crippen molar-refractivity contribution in [3.63, 3.8) is 0 Å². The van der Waals surface area contributed by atoms with E-state index in [0.717, 1.165) is 22.6 Å². The highest BCUT2D eigenvalue weighted by Gasteiger charge is 2.15. The lowest BCUT2D eigenvalue weighted by Gasteiger charge is -2.06. The van der Waals surface area contributed by atoms with E-state index >= 15 is 0 Å². The molecule has 0 aliphatic heterocycles. The van der Waals surface area contributed by atoms with Gasteiger partial charge in [-0.05, 0) is 37.6 Å². The molecule has 2 heterocycles. The van der Waals surface area contributed by atoms with Crippen LogP contribution in [0.3, 0.4) is 0 Å².